The van der Waals surface area contributed by atoms with Crippen molar-refractivity contribution in [3.05, 3.63) is 66.5 Å². The van der Waals surface area contributed by atoms with Gasteiger partial charge in [0, 0.05) is 0 Å². The van der Waals surface area contributed by atoms with Crippen molar-refractivity contribution in [3.8, 4) is 5.69 Å². The molecule has 1 unspecified atom stereocenters. The Kier molecular flexibility index (Phi) is 4.99. The first-order chi connectivity index (χ1) is 12.4. The SMILES string of the molecule is CC(Nc1ccccc1S(=O)(=O)C(F)F)c1cn(-c2ccccc2)nn1. The van der Waals surface area contributed by atoms with Gasteiger partial charge in [0.1, 0.15) is 5.69 Å². The van der Waals surface area contributed by atoms with Crippen LogP contribution in [0.3, 0.4) is 0 Å². The molecule has 26 heavy (non-hydrogen) atoms. The average Bonchev–Trinajstić information content (AvgIpc) is 3.13. The van der Waals surface area contributed by atoms with E-state index in [1.165, 1.54) is 12.1 Å². The predicted octanol–water partition coefficient (Wildman–Crippen LogP) is 3.44. The Morgan fingerprint density at radius 2 is 1.69 bits per heavy atom. The van der Waals surface area contributed by atoms with Crippen molar-refractivity contribution >= 4 is 15.5 Å². The van der Waals surface area contributed by atoms with E-state index in [9.17, 15) is 17.2 Å². The van der Waals surface area contributed by atoms with Gasteiger partial charge in [0.15, 0.2) is 0 Å². The molecule has 1 aromatic heterocycles. The van der Waals surface area contributed by atoms with E-state index in [2.05, 4.69) is 15.6 Å². The highest BCUT2D eigenvalue weighted by Crippen LogP contribution is 2.28. The minimum atomic E-state index is -4.71. The van der Waals surface area contributed by atoms with Gasteiger partial charge < -0.3 is 5.32 Å². The van der Waals surface area contributed by atoms with Crippen molar-refractivity contribution in [2.75, 3.05) is 5.32 Å². The highest BCUT2D eigenvalue weighted by Gasteiger charge is 2.29. The summed E-state index contributed by atoms with van der Waals surface area (Å²) in [5.74, 6) is -3.49. The fraction of sp³-hybridized carbons (Fsp3) is 0.176. The number of hydrogen-bond donors (Lipinski definition) is 1. The van der Waals surface area contributed by atoms with Gasteiger partial charge in [-0.2, -0.15) is 8.78 Å². The molecule has 0 spiro atoms. The zero-order valence-corrected chi connectivity index (χ0v) is 14.6. The van der Waals surface area contributed by atoms with Crippen LogP contribution in [-0.2, 0) is 9.84 Å². The van der Waals surface area contributed by atoms with E-state index in [0.717, 1.165) is 11.8 Å². The molecule has 6 nitrogen and oxygen atoms in total. The van der Waals surface area contributed by atoms with E-state index in [1.54, 1.807) is 23.9 Å². The first-order valence-electron chi connectivity index (χ1n) is 7.75. The average molecular weight is 378 g/mol. The smallest absolute Gasteiger partial charge is 0.341 e. The van der Waals surface area contributed by atoms with E-state index >= 15 is 0 Å². The Hall–Kier alpha value is -2.81. The standard InChI is InChI=1S/C17H16F2N4O2S/c1-12(15-11-23(22-21-15)13-7-3-2-4-8-13)20-14-9-5-6-10-16(14)26(24,25)17(18)19/h2-12,17,20H,1H3. The van der Waals surface area contributed by atoms with E-state index in [4.69, 9.17) is 0 Å². The Labute approximate surface area is 149 Å². The number of halogens is 2. The Bertz CT molecular complexity index is 991. The van der Waals surface area contributed by atoms with E-state index < -0.39 is 26.5 Å². The van der Waals surface area contributed by atoms with Crippen molar-refractivity contribution in [3.63, 3.8) is 0 Å². The molecule has 0 bridgehead atoms. The molecule has 0 aliphatic rings. The summed E-state index contributed by atoms with van der Waals surface area (Å²) in [4.78, 5) is -0.447. The lowest BCUT2D eigenvalue weighted by Crippen LogP contribution is -2.15. The number of nitrogens with zero attached hydrogens (tertiary/aromatic N) is 3. The molecule has 1 N–H and O–H groups in total. The second kappa shape index (κ2) is 7.20. The molecule has 0 fully saturated rings. The zero-order valence-electron chi connectivity index (χ0n) is 13.8. The van der Waals surface area contributed by atoms with Crippen molar-refractivity contribution in [1.82, 2.24) is 15.0 Å². The van der Waals surface area contributed by atoms with Crippen molar-refractivity contribution in [1.29, 1.82) is 0 Å². The largest absolute Gasteiger partial charge is 0.376 e. The number of rotatable bonds is 6. The molecule has 0 saturated carbocycles. The summed E-state index contributed by atoms with van der Waals surface area (Å²) < 4.78 is 51.0. The summed E-state index contributed by atoms with van der Waals surface area (Å²) in [6.45, 7) is 1.74. The molecular weight excluding hydrogens is 362 g/mol. The van der Waals surface area contributed by atoms with Crippen LogP contribution in [0.15, 0.2) is 65.7 Å². The topological polar surface area (TPSA) is 76.9 Å². The quantitative estimate of drug-likeness (QED) is 0.711. The summed E-state index contributed by atoms with van der Waals surface area (Å²) in [5.41, 5.74) is 1.45. The number of anilines is 1. The Balaban J connectivity index is 1.86. The molecule has 1 heterocycles. The molecule has 2 aromatic carbocycles. The van der Waals surface area contributed by atoms with Crippen LogP contribution < -0.4 is 5.32 Å². The highest BCUT2D eigenvalue weighted by atomic mass is 32.2. The van der Waals surface area contributed by atoms with E-state index in [1.807, 2.05) is 30.3 Å². The predicted molar refractivity (Wildman–Crippen MR) is 93.0 cm³/mol. The van der Waals surface area contributed by atoms with Crippen LogP contribution in [0.1, 0.15) is 18.7 Å². The number of nitrogens with one attached hydrogen (secondary N) is 1. The molecule has 0 amide bonds. The lowest BCUT2D eigenvalue weighted by Gasteiger charge is -2.16. The third kappa shape index (κ3) is 3.57. The molecule has 0 aliphatic heterocycles. The molecule has 9 heteroatoms. The van der Waals surface area contributed by atoms with Crippen LogP contribution in [0.5, 0.6) is 0 Å². The van der Waals surface area contributed by atoms with Crippen LogP contribution >= 0.6 is 0 Å². The monoisotopic (exact) mass is 378 g/mol. The van der Waals surface area contributed by atoms with Crippen molar-refractivity contribution < 1.29 is 17.2 Å². The third-order valence-corrected chi connectivity index (χ3v) is 5.21. The minimum Gasteiger partial charge on any atom is -0.376 e. The van der Waals surface area contributed by atoms with Crippen LogP contribution in [0.4, 0.5) is 14.5 Å². The highest BCUT2D eigenvalue weighted by molar-refractivity contribution is 7.91. The Morgan fingerprint density at radius 1 is 1.04 bits per heavy atom. The van der Waals surface area contributed by atoms with E-state index in [-0.39, 0.29) is 5.69 Å². The Morgan fingerprint density at radius 3 is 2.38 bits per heavy atom. The number of aromatic nitrogens is 3. The summed E-state index contributed by atoms with van der Waals surface area (Å²) in [5, 5.41) is 11.0. The molecule has 136 valence electrons. The van der Waals surface area contributed by atoms with Crippen LogP contribution in [0.25, 0.3) is 5.69 Å². The van der Waals surface area contributed by atoms with Gasteiger partial charge in [-0.05, 0) is 31.2 Å². The number of benzene rings is 2. The molecule has 3 rings (SSSR count). The molecular formula is C17H16F2N4O2S. The van der Waals surface area contributed by atoms with Crippen molar-refractivity contribution in [2.24, 2.45) is 0 Å². The molecule has 1 atom stereocenters. The lowest BCUT2D eigenvalue weighted by molar-refractivity contribution is 0.235. The summed E-state index contributed by atoms with van der Waals surface area (Å²) in [6, 6.07) is 14.4. The van der Waals surface area contributed by atoms with Gasteiger partial charge in [-0.1, -0.05) is 35.5 Å². The number of alkyl halides is 2. The van der Waals surface area contributed by atoms with Gasteiger partial charge >= 0.3 is 5.76 Å². The number of sulfone groups is 1. The van der Waals surface area contributed by atoms with Gasteiger partial charge in [0.2, 0.25) is 9.84 Å². The number of hydrogen-bond acceptors (Lipinski definition) is 5. The summed E-state index contributed by atoms with van der Waals surface area (Å²) in [6.07, 6.45) is 1.69. The van der Waals surface area contributed by atoms with E-state index in [0.29, 0.717) is 5.69 Å². The maximum atomic E-state index is 12.9. The normalized spacial score (nSPS) is 12.9. The van der Waals surface area contributed by atoms with Gasteiger partial charge in [0.05, 0.1) is 28.5 Å². The van der Waals surface area contributed by atoms with Crippen LogP contribution in [0.2, 0.25) is 0 Å². The van der Waals surface area contributed by atoms with Crippen molar-refractivity contribution in [2.45, 2.75) is 23.6 Å². The van der Waals surface area contributed by atoms with Gasteiger partial charge in [0.25, 0.3) is 0 Å². The van der Waals surface area contributed by atoms with Crippen LogP contribution in [0, 0.1) is 0 Å². The zero-order chi connectivity index (χ0) is 18.7. The first-order valence-corrected chi connectivity index (χ1v) is 9.29. The molecule has 0 saturated heterocycles. The summed E-state index contributed by atoms with van der Waals surface area (Å²) in [7, 11) is -4.71. The summed E-state index contributed by atoms with van der Waals surface area (Å²) >= 11 is 0. The lowest BCUT2D eigenvalue weighted by atomic mass is 10.2. The molecule has 0 aliphatic carbocycles. The molecule has 0 radical (unpaired) electrons. The first kappa shape index (κ1) is 18.0. The fourth-order valence-electron chi connectivity index (χ4n) is 2.42. The second-order valence-electron chi connectivity index (χ2n) is 5.59. The molecule has 3 aromatic rings. The maximum Gasteiger partial charge on any atom is 0.341 e. The number of para-hydroxylation sites is 2. The third-order valence-electron chi connectivity index (χ3n) is 3.78. The van der Waals surface area contributed by atoms with Gasteiger partial charge in [-0.15, -0.1) is 5.10 Å². The fourth-order valence-corrected chi connectivity index (χ4v) is 3.31. The maximum absolute atomic E-state index is 12.9. The second-order valence-corrected chi connectivity index (χ2v) is 7.48. The minimum absolute atomic E-state index is 0.0922. The van der Waals surface area contributed by atoms with Crippen LogP contribution in [-0.4, -0.2) is 29.2 Å². The van der Waals surface area contributed by atoms with Gasteiger partial charge in [-0.3, -0.25) is 0 Å². The van der Waals surface area contributed by atoms with Gasteiger partial charge in [-0.25, -0.2) is 13.1 Å².